The molecule has 0 spiro atoms. The maximum absolute atomic E-state index is 7.50. The molecule has 0 atom stereocenters. The van der Waals surface area contributed by atoms with Gasteiger partial charge >= 0.3 is 56.5 Å². The van der Waals surface area contributed by atoms with Crippen LogP contribution in [-0.4, -0.2) is 0 Å². The quantitative estimate of drug-likeness (QED) is 0.370. The van der Waals surface area contributed by atoms with E-state index < -0.39 is 0 Å². The zero-order valence-electron chi connectivity index (χ0n) is 8.65. The second-order valence-electron chi connectivity index (χ2n) is 0.936. The van der Waals surface area contributed by atoms with Gasteiger partial charge in [-0.15, -0.1) is 23.2 Å². The Balaban J connectivity index is -0.0000000189. The minimum atomic E-state index is 0. The first-order valence-corrected chi connectivity index (χ1v) is 3.35. The molecule has 0 saturated heterocycles. The fourth-order valence-electron chi connectivity index (χ4n) is 0.0770. The summed E-state index contributed by atoms with van der Waals surface area (Å²) in [5, 5.41) is 0.387. The molecule has 0 unspecified atom stereocenters. The zero-order valence-corrected chi connectivity index (χ0v) is 11.4. The Morgan fingerprint density at radius 2 is 0.944 bits per heavy atom. The van der Waals surface area contributed by atoms with Gasteiger partial charge in [-0.3, -0.25) is 0 Å². The zero-order chi connectivity index (χ0) is 15.9. The standard InChI is InChI=1S/C4H3Cl2N.5CO.Cr/c1-3(5)4(6)7-2;5*1-2;/h1H3;;;;;;/b4-3+;;;;;;. The number of hydrogen-bond acceptors (Lipinski definition) is 0. The van der Waals surface area contributed by atoms with Gasteiger partial charge in [-0.25, -0.2) is 4.85 Å². The molecule has 0 heterocycles. The van der Waals surface area contributed by atoms with E-state index in [-0.39, 0.29) is 22.5 Å². The average molecular weight is 328 g/mol. The molecule has 0 aromatic heterocycles. The molecule has 0 N–H and O–H groups in total. The Hall–Kier alpha value is -0.958. The van der Waals surface area contributed by atoms with Crippen LogP contribution in [0, 0.1) is 39.8 Å². The second kappa shape index (κ2) is 99.4. The second-order valence-corrected chi connectivity index (χ2v) is 1.86. The van der Waals surface area contributed by atoms with Crippen molar-refractivity contribution in [2.75, 3.05) is 0 Å². The fourth-order valence-corrected chi connectivity index (χ4v) is 0.119. The first-order valence-electron chi connectivity index (χ1n) is 2.60. The molecule has 0 bridgehead atoms. The van der Waals surface area contributed by atoms with E-state index in [4.69, 9.17) is 53.0 Å². The minimum Gasteiger partial charge on any atom is 0 e. The summed E-state index contributed by atoms with van der Waals surface area (Å²) in [4.78, 5) is 2.85. The van der Waals surface area contributed by atoms with Gasteiger partial charge in [0.2, 0.25) is 0 Å². The van der Waals surface area contributed by atoms with Crippen LogP contribution in [0.25, 0.3) is 4.85 Å². The van der Waals surface area contributed by atoms with Gasteiger partial charge in [0.1, 0.15) is 0 Å². The van der Waals surface area contributed by atoms with Crippen LogP contribution in [0.4, 0.5) is 0 Å². The largest absolute Gasteiger partial charge is 0 e. The molecule has 0 aromatic rings. The summed E-state index contributed by atoms with van der Waals surface area (Å²) in [6.07, 6.45) is 0. The Morgan fingerprint density at radius 3 is 0.944 bits per heavy atom. The Kier molecular flexibility index (Phi) is 240. The molecule has 6 nitrogen and oxygen atoms in total. The molecule has 0 rings (SSSR count). The monoisotopic (exact) mass is 327 g/mol. The van der Waals surface area contributed by atoms with Crippen molar-refractivity contribution in [3.8, 4) is 0 Å². The average Bonchev–Trinajstić information content (AvgIpc) is 2.48. The SMILES string of the molecule is [C-]#[N+]/C(Cl)=C(\C)Cl.[C-]#[O+].[C-]#[O+].[C-]#[O+].[C-]#[O+].[C-]#[O+].[Cr]. The maximum atomic E-state index is 7.50. The van der Waals surface area contributed by atoms with Gasteiger partial charge in [0.05, 0.1) is 6.57 Å². The van der Waals surface area contributed by atoms with Crippen LogP contribution in [0.5, 0.6) is 0 Å². The minimum absolute atomic E-state index is 0. The fraction of sp³-hybridized carbons (Fsp3) is 0.111. The molecular weight excluding hydrogens is 325 g/mol. The summed E-state index contributed by atoms with van der Waals surface area (Å²) in [5.74, 6) is 0. The third-order valence-corrected chi connectivity index (χ3v) is 1.03. The van der Waals surface area contributed by atoms with E-state index in [2.05, 4.69) is 38.1 Å². The smallest absolute Gasteiger partial charge is 0 e. The molecule has 0 saturated carbocycles. The number of hydrogen-bond donors (Lipinski definition) is 0. The van der Waals surface area contributed by atoms with Crippen molar-refractivity contribution in [2.45, 2.75) is 6.92 Å². The normalized spacial score (nSPS) is 5.33. The molecule has 0 aliphatic heterocycles. The summed E-state index contributed by atoms with van der Waals surface area (Å²) < 4.78 is 37.5. The van der Waals surface area contributed by atoms with E-state index >= 15 is 0 Å². The van der Waals surface area contributed by atoms with Gasteiger partial charge in [0, 0.05) is 22.4 Å². The van der Waals surface area contributed by atoms with Crippen molar-refractivity contribution in [3.63, 3.8) is 0 Å². The summed E-state index contributed by atoms with van der Waals surface area (Å²) in [5.41, 5.74) is 0. The Bertz CT molecular complexity index is 273. The summed E-state index contributed by atoms with van der Waals surface area (Å²) in [7, 11) is 0. The van der Waals surface area contributed by atoms with Gasteiger partial charge in [-0.2, -0.15) is 0 Å². The van der Waals surface area contributed by atoms with Crippen molar-refractivity contribution < 1.29 is 40.6 Å². The van der Waals surface area contributed by atoms with E-state index in [1.165, 1.54) is 0 Å². The summed E-state index contributed by atoms with van der Waals surface area (Å²) in [6, 6.07) is 0. The van der Waals surface area contributed by atoms with Gasteiger partial charge in [0.15, 0.2) is 0 Å². The van der Waals surface area contributed by atoms with Crippen LogP contribution >= 0.6 is 23.2 Å². The van der Waals surface area contributed by atoms with Crippen molar-refractivity contribution in [1.82, 2.24) is 0 Å². The van der Waals surface area contributed by atoms with Crippen LogP contribution in [-0.2, 0) is 40.6 Å². The number of halogens is 2. The topological polar surface area (TPSA) is 104 Å². The van der Waals surface area contributed by atoms with Crippen LogP contribution in [0.15, 0.2) is 10.2 Å². The molecule has 0 aliphatic rings. The van der Waals surface area contributed by atoms with Crippen molar-refractivity contribution in [1.29, 1.82) is 0 Å². The molecule has 9 heteroatoms. The van der Waals surface area contributed by atoms with Crippen molar-refractivity contribution >= 4 is 23.2 Å². The molecule has 0 fully saturated rings. The van der Waals surface area contributed by atoms with Gasteiger partial charge < -0.3 is 0 Å². The van der Waals surface area contributed by atoms with E-state index in [9.17, 15) is 0 Å². The van der Waals surface area contributed by atoms with Crippen LogP contribution in [0.1, 0.15) is 6.92 Å². The first kappa shape index (κ1) is 43.5. The third-order valence-electron chi connectivity index (χ3n) is 0.382. The predicted molar refractivity (Wildman–Crippen MR) is 50.7 cm³/mol. The van der Waals surface area contributed by atoms with Gasteiger partial charge in [-0.1, -0.05) is 0 Å². The number of rotatable bonds is 0. The predicted octanol–water partition coefficient (Wildman–Crippen LogP) is 2.38. The van der Waals surface area contributed by atoms with E-state index in [0.29, 0.717) is 5.03 Å². The third kappa shape index (κ3) is 117. The summed E-state index contributed by atoms with van der Waals surface area (Å²) in [6.45, 7) is 30.4. The van der Waals surface area contributed by atoms with Crippen molar-refractivity contribution in [2.24, 2.45) is 0 Å². The molecular formula is C9H3Cl2CrNO5. The van der Waals surface area contributed by atoms with Crippen LogP contribution < -0.4 is 0 Å². The van der Waals surface area contributed by atoms with Crippen LogP contribution in [0.2, 0.25) is 0 Å². The Morgan fingerprint density at radius 1 is 0.778 bits per heavy atom. The molecule has 18 heavy (non-hydrogen) atoms. The van der Waals surface area contributed by atoms with E-state index in [0.717, 1.165) is 0 Å². The summed E-state index contributed by atoms with van der Waals surface area (Å²) >= 11 is 10.5. The molecule has 0 aromatic carbocycles. The van der Waals surface area contributed by atoms with Gasteiger partial charge in [-0.05, 0) is 6.92 Å². The van der Waals surface area contributed by atoms with E-state index in [1.807, 2.05) is 0 Å². The molecule has 94 valence electrons. The van der Waals surface area contributed by atoms with Crippen molar-refractivity contribution in [3.05, 3.63) is 54.9 Å². The maximum Gasteiger partial charge on any atom is 0 e. The number of allylic oxidation sites excluding steroid dienone is 1. The van der Waals surface area contributed by atoms with Gasteiger partial charge in [0.25, 0.3) is 5.16 Å². The number of nitrogens with zero attached hydrogens (tertiary/aromatic N) is 1. The van der Waals surface area contributed by atoms with E-state index in [1.54, 1.807) is 6.92 Å². The Labute approximate surface area is 125 Å². The first-order chi connectivity index (χ1) is 8.18. The molecule has 0 aliphatic carbocycles. The molecule has 0 radical (unpaired) electrons. The van der Waals surface area contributed by atoms with Crippen LogP contribution in [0.3, 0.4) is 0 Å². The molecule has 0 amide bonds.